The fourth-order valence-corrected chi connectivity index (χ4v) is 11.3. The van der Waals surface area contributed by atoms with E-state index < -0.39 is 113 Å². The van der Waals surface area contributed by atoms with Gasteiger partial charge in [0.1, 0.15) is 59.8 Å². The van der Waals surface area contributed by atoms with Crippen molar-refractivity contribution in [3.8, 4) is 11.5 Å². The second-order valence-corrected chi connectivity index (χ2v) is 22.6. The summed E-state index contributed by atoms with van der Waals surface area (Å²) in [6.45, 7) is 2.56. The molecule has 0 radical (unpaired) electrons. The lowest BCUT2D eigenvalue weighted by Gasteiger charge is -2.29. The largest absolute Gasteiger partial charge is 0.508 e. The Bertz CT molecular complexity index is 3150. The van der Waals surface area contributed by atoms with Gasteiger partial charge < -0.3 is 74.3 Å². The van der Waals surface area contributed by atoms with Crippen molar-refractivity contribution < 1.29 is 63.4 Å². The molecule has 26 nitrogen and oxygen atoms in total. The van der Waals surface area contributed by atoms with E-state index in [0.29, 0.717) is 39.6 Å². The third-order valence-electron chi connectivity index (χ3n) is 13.5. The summed E-state index contributed by atoms with van der Waals surface area (Å²) in [6.07, 6.45) is -0.147. The summed E-state index contributed by atoms with van der Waals surface area (Å²) in [5.74, 6) is -9.11. The second kappa shape index (κ2) is 31.1. The molecule has 1 saturated heterocycles. The highest BCUT2D eigenvalue weighted by atomic mass is 33.1. The maximum absolute atomic E-state index is 14.9. The SMILES string of the molecule is CC(=O)N[C@@H](Cc1ccc([N+](=O)[O-])cc1)C(=O)N[C@@H]1CSSC[C@@H](C(=O)N[C@@H](Cc2ccc(O)cc2)C(N)=O)NC(=O)[C@@H](C(C)O)NC(=O)[C@H](CCCCN)NC(=O)[C@@H](Cc2c[nH]c3ccccc23)NC(=O)[C@H](Cc2ccc(O)cc2)NC1=O. The number of benzene rings is 4. The smallest absolute Gasteiger partial charge is 0.269 e. The zero-order valence-corrected chi connectivity index (χ0v) is 47.5. The molecule has 0 bridgehead atoms. The molecule has 0 saturated carbocycles. The number of aliphatic hydroxyl groups is 1. The van der Waals surface area contributed by atoms with Gasteiger partial charge in [-0.05, 0) is 85.3 Å². The van der Waals surface area contributed by atoms with Crippen LogP contribution in [0.3, 0.4) is 0 Å². The average Bonchev–Trinajstić information content (AvgIpc) is 3.90. The number of phenols is 2. The molecule has 84 heavy (non-hydrogen) atoms. The van der Waals surface area contributed by atoms with Crippen LogP contribution >= 0.6 is 21.6 Å². The van der Waals surface area contributed by atoms with Gasteiger partial charge in [0.15, 0.2) is 0 Å². The number of H-pyrrole nitrogens is 1. The monoisotopic (exact) mass is 1200 g/mol. The van der Waals surface area contributed by atoms with Gasteiger partial charge in [-0.1, -0.05) is 76.2 Å². The fraction of sp³-hybridized carbons (Fsp3) is 0.375. The first-order chi connectivity index (χ1) is 40.1. The third-order valence-corrected chi connectivity index (χ3v) is 15.9. The van der Waals surface area contributed by atoms with E-state index in [1.165, 1.54) is 79.7 Å². The molecule has 2 heterocycles. The number of aromatic amines is 1. The standard InChI is InChI=1S/C56H68N12O14S2/c1-30(69)48-56(80)66-47(54(78)62-42(49(58)73)23-33-12-18-37(71)19-13-33)29-84-83-28-46(65-51(75)43(60-31(2)70)24-32-10-16-36(17-11-32)68(81)82)55(79)63-44(25-34-14-20-38(72)21-15-34)52(76)64-45(26-35-27-59-40-8-4-3-7-39(35)40)53(77)61-41(50(74)67-48)9-5-6-22-57/h3-4,7-8,10-21,27,30,41-48,59,69,71-72H,5-6,9,22-26,28-29,57H2,1-2H3,(H2,58,73)(H,60,70)(H,61,77)(H,62,78)(H,63,79)(H,64,76)(H,65,75)(H,66,80)(H,67,74)/t30?,41-,42-,43-,44-,45+,46+,47-,48+/m0/s1. The zero-order chi connectivity index (χ0) is 61.0. The molecule has 1 aromatic heterocycles. The van der Waals surface area contributed by atoms with Crippen LogP contribution in [-0.4, -0.2) is 151 Å². The summed E-state index contributed by atoms with van der Waals surface area (Å²) in [5, 5.41) is 64.1. The molecule has 9 amide bonds. The van der Waals surface area contributed by atoms with Crippen molar-refractivity contribution in [3.05, 3.63) is 136 Å². The highest BCUT2D eigenvalue weighted by molar-refractivity contribution is 8.76. The van der Waals surface area contributed by atoms with E-state index in [1.54, 1.807) is 30.5 Å². The Morgan fingerprint density at radius 3 is 1.86 bits per heavy atom. The minimum atomic E-state index is -1.78. The van der Waals surface area contributed by atoms with Crippen molar-refractivity contribution in [2.24, 2.45) is 11.5 Å². The van der Waals surface area contributed by atoms with E-state index in [1.807, 2.05) is 0 Å². The van der Waals surface area contributed by atoms with Crippen LogP contribution in [0.15, 0.2) is 103 Å². The number of aromatic nitrogens is 1. The van der Waals surface area contributed by atoms with Crippen LogP contribution in [0, 0.1) is 10.1 Å². The van der Waals surface area contributed by atoms with E-state index in [4.69, 9.17) is 11.5 Å². The number of amides is 9. The number of nitrogens with zero attached hydrogens (tertiary/aromatic N) is 1. The number of carbonyl (C=O) groups is 9. The minimum Gasteiger partial charge on any atom is -0.508 e. The summed E-state index contributed by atoms with van der Waals surface area (Å²) in [6, 6.07) is 11.7. The Hall–Kier alpha value is -8.73. The van der Waals surface area contributed by atoms with Gasteiger partial charge in [-0.25, -0.2) is 0 Å². The Morgan fingerprint density at radius 2 is 1.25 bits per heavy atom. The molecule has 1 fully saturated rings. The number of aliphatic hydroxyl groups excluding tert-OH is 1. The van der Waals surface area contributed by atoms with Crippen molar-refractivity contribution in [2.45, 2.75) is 113 Å². The summed E-state index contributed by atoms with van der Waals surface area (Å²) in [5.41, 5.74) is 13.9. The number of non-ortho nitro benzene ring substituents is 1. The van der Waals surface area contributed by atoms with Crippen molar-refractivity contribution in [3.63, 3.8) is 0 Å². The average molecular weight is 1200 g/mol. The lowest BCUT2D eigenvalue weighted by molar-refractivity contribution is -0.384. The van der Waals surface area contributed by atoms with E-state index in [9.17, 15) is 68.6 Å². The quantitative estimate of drug-likeness (QED) is 0.0212. The molecule has 1 aliphatic rings. The van der Waals surface area contributed by atoms with Crippen LogP contribution < -0.4 is 54.0 Å². The molecule has 1 unspecified atom stereocenters. The number of nitro groups is 1. The van der Waals surface area contributed by atoms with Gasteiger partial charge >= 0.3 is 0 Å². The molecule has 9 atom stereocenters. The number of primary amides is 1. The maximum Gasteiger partial charge on any atom is 0.269 e. The molecular weight excluding hydrogens is 1130 g/mol. The second-order valence-electron chi connectivity index (χ2n) is 20.0. The van der Waals surface area contributed by atoms with Gasteiger partial charge in [-0.2, -0.15) is 0 Å². The zero-order valence-electron chi connectivity index (χ0n) is 45.8. The molecule has 4 aromatic carbocycles. The number of nitrogens with one attached hydrogen (secondary N) is 9. The summed E-state index contributed by atoms with van der Waals surface area (Å²) >= 11 is 0. The Labute approximate surface area is 490 Å². The number of nitro benzene ring substituents is 1. The van der Waals surface area contributed by atoms with Gasteiger partial charge in [-0.15, -0.1) is 0 Å². The fourth-order valence-electron chi connectivity index (χ4n) is 8.98. The Morgan fingerprint density at radius 1 is 0.690 bits per heavy atom. The van der Waals surface area contributed by atoms with Gasteiger partial charge in [0.05, 0.1) is 11.0 Å². The first-order valence-corrected chi connectivity index (χ1v) is 29.2. The van der Waals surface area contributed by atoms with Gasteiger partial charge in [0.2, 0.25) is 53.2 Å². The van der Waals surface area contributed by atoms with Gasteiger partial charge in [-0.3, -0.25) is 53.3 Å². The number of hydrogen-bond donors (Lipinski definition) is 14. The van der Waals surface area contributed by atoms with E-state index in [0.717, 1.165) is 28.5 Å². The van der Waals surface area contributed by atoms with Crippen LogP contribution in [0.25, 0.3) is 10.9 Å². The molecular formula is C56H68N12O14S2. The number of unbranched alkanes of at least 4 members (excludes halogenated alkanes) is 1. The number of nitrogens with two attached hydrogens (primary N) is 2. The highest BCUT2D eigenvalue weighted by Gasteiger charge is 2.37. The molecule has 16 N–H and O–H groups in total. The van der Waals surface area contributed by atoms with Crippen molar-refractivity contribution >= 4 is 91.3 Å². The van der Waals surface area contributed by atoms with Crippen LogP contribution in [0.4, 0.5) is 5.69 Å². The Kier molecular flexibility index (Phi) is 23.8. The molecule has 0 spiro atoms. The molecule has 448 valence electrons. The molecule has 6 rings (SSSR count). The first-order valence-electron chi connectivity index (χ1n) is 26.7. The Balaban J connectivity index is 1.42. The van der Waals surface area contributed by atoms with Crippen molar-refractivity contribution in [1.82, 2.24) is 47.5 Å². The normalized spacial score (nSPS) is 20.5. The third kappa shape index (κ3) is 19.2. The first kappa shape index (κ1) is 64.4. The van der Waals surface area contributed by atoms with Crippen LogP contribution in [-0.2, 0) is 68.8 Å². The predicted octanol–water partition coefficient (Wildman–Crippen LogP) is 0.0463. The number of carbonyl (C=O) groups excluding carboxylic acids is 9. The lowest BCUT2D eigenvalue weighted by atomic mass is 10.0. The number of phenolic OH excluding ortho intramolecular Hbond substituents is 2. The lowest BCUT2D eigenvalue weighted by Crippen LogP contribution is -2.62. The van der Waals surface area contributed by atoms with Gasteiger partial charge in [0.25, 0.3) is 5.69 Å². The van der Waals surface area contributed by atoms with Gasteiger partial charge in [0, 0.05) is 73.3 Å². The minimum absolute atomic E-state index is 0.0472. The number of fused-ring (bicyclic) bond motifs is 1. The number of rotatable bonds is 20. The summed E-state index contributed by atoms with van der Waals surface area (Å²) in [7, 11) is 1.80. The van der Waals surface area contributed by atoms with E-state index in [2.05, 4.69) is 47.5 Å². The van der Waals surface area contributed by atoms with Crippen molar-refractivity contribution in [1.29, 1.82) is 0 Å². The van der Waals surface area contributed by atoms with Crippen molar-refractivity contribution in [2.75, 3.05) is 18.1 Å². The molecule has 5 aromatic rings. The van der Waals surface area contributed by atoms with Crippen LogP contribution in [0.5, 0.6) is 11.5 Å². The predicted molar refractivity (Wildman–Crippen MR) is 312 cm³/mol. The number of para-hydroxylation sites is 1. The van der Waals surface area contributed by atoms with E-state index >= 15 is 0 Å². The van der Waals surface area contributed by atoms with Crippen LogP contribution in [0.1, 0.15) is 55.4 Å². The molecule has 28 heteroatoms. The highest BCUT2D eigenvalue weighted by Crippen LogP contribution is 2.25. The summed E-state index contributed by atoms with van der Waals surface area (Å²) < 4.78 is 0. The van der Waals surface area contributed by atoms with Crippen LogP contribution in [0.2, 0.25) is 0 Å². The molecule has 1 aliphatic heterocycles. The number of hydrogen-bond acceptors (Lipinski definition) is 17. The maximum atomic E-state index is 14.9. The summed E-state index contributed by atoms with van der Waals surface area (Å²) in [4.78, 5) is 141. The molecule has 0 aliphatic carbocycles. The number of aromatic hydroxyl groups is 2. The van der Waals surface area contributed by atoms with E-state index in [-0.39, 0.29) is 73.8 Å². The topological polar surface area (TPSA) is 422 Å².